The molecule has 1 saturated carbocycles. The van der Waals surface area contributed by atoms with Crippen LogP contribution in [-0.2, 0) is 0 Å². The van der Waals surface area contributed by atoms with Crippen molar-refractivity contribution in [3.63, 3.8) is 0 Å². The predicted molar refractivity (Wildman–Crippen MR) is 91.2 cm³/mol. The normalized spacial score (nSPS) is 17.0. The lowest BCUT2D eigenvalue weighted by molar-refractivity contribution is 0.0492. The second-order valence-corrected chi connectivity index (χ2v) is 7.60. The highest BCUT2D eigenvalue weighted by Crippen LogP contribution is 2.34. The number of rotatable bonds is 5. The summed E-state index contributed by atoms with van der Waals surface area (Å²) in [6.45, 7) is 0.877. The number of alkyl halides is 2. The van der Waals surface area contributed by atoms with E-state index in [1.54, 1.807) is 6.07 Å². The fourth-order valence-electron chi connectivity index (χ4n) is 1.91. The van der Waals surface area contributed by atoms with Gasteiger partial charge in [-0.05, 0) is 30.3 Å². The molecule has 0 N–H and O–H groups in total. The zero-order chi connectivity index (χ0) is 15.6. The molecule has 116 valence electrons. The van der Waals surface area contributed by atoms with Crippen molar-refractivity contribution >= 4 is 46.7 Å². The molecule has 0 bridgehead atoms. The number of hydrogen-bond acceptors (Lipinski definition) is 2. The van der Waals surface area contributed by atoms with Crippen molar-refractivity contribution in [2.75, 3.05) is 5.75 Å². The third-order valence-corrected chi connectivity index (χ3v) is 5.94. The monoisotopic (exact) mass is 351 g/mol. The molecule has 2 atom stereocenters. The minimum absolute atomic E-state index is 0.222. The van der Waals surface area contributed by atoms with Crippen molar-refractivity contribution in [2.45, 2.75) is 37.0 Å². The van der Waals surface area contributed by atoms with Gasteiger partial charge >= 0.3 is 0 Å². The van der Waals surface area contributed by atoms with Gasteiger partial charge in [0.25, 0.3) is 5.92 Å². The van der Waals surface area contributed by atoms with Crippen LogP contribution in [0.3, 0.4) is 0 Å². The Bertz CT molecular complexity index is 554. The molecule has 1 fully saturated rings. The Morgan fingerprint density at radius 2 is 2.10 bits per heavy atom. The topological polar surface area (TPSA) is 12.4 Å². The summed E-state index contributed by atoms with van der Waals surface area (Å²) in [6, 6.07) is 2.88. The van der Waals surface area contributed by atoms with Gasteiger partial charge in [0.05, 0.1) is 5.75 Å². The molecule has 0 amide bonds. The first-order valence-corrected chi connectivity index (χ1v) is 8.84. The van der Waals surface area contributed by atoms with Crippen molar-refractivity contribution in [3.05, 3.63) is 17.9 Å². The summed E-state index contributed by atoms with van der Waals surface area (Å²) in [5, 5.41) is 0.578. The average molecular weight is 351 g/mol. The molecule has 0 saturated heterocycles. The first-order chi connectivity index (χ1) is 9.76. The zero-order valence-electron chi connectivity index (χ0n) is 11.7. The molecule has 0 heterocycles. The molecule has 0 aliphatic heterocycles. The van der Waals surface area contributed by atoms with Gasteiger partial charge in [0.1, 0.15) is 11.5 Å². The summed E-state index contributed by atoms with van der Waals surface area (Å²) in [7, 11) is 4.95. The maximum Gasteiger partial charge on any atom is 0.254 e. The lowest BCUT2D eigenvalue weighted by Crippen LogP contribution is -2.17. The van der Waals surface area contributed by atoms with Gasteiger partial charge < -0.3 is 0 Å². The number of hydrogen-bond donors (Lipinski definition) is 0. The zero-order valence-corrected chi connectivity index (χ0v) is 14.8. The third-order valence-electron chi connectivity index (χ3n) is 3.33. The third kappa shape index (κ3) is 4.94. The van der Waals surface area contributed by atoms with Gasteiger partial charge in [-0.1, -0.05) is 15.7 Å². The van der Waals surface area contributed by atoms with E-state index >= 15 is 0 Å². The second kappa shape index (κ2) is 6.98. The molecular weight excluding hydrogens is 333 g/mol. The van der Waals surface area contributed by atoms with Crippen LogP contribution in [-0.4, -0.2) is 17.1 Å². The Morgan fingerprint density at radius 1 is 1.43 bits per heavy atom. The van der Waals surface area contributed by atoms with Crippen molar-refractivity contribution in [1.82, 2.24) is 0 Å². The molecule has 1 aliphatic carbocycles. The van der Waals surface area contributed by atoms with Gasteiger partial charge in [-0.25, -0.2) is 13.2 Å². The second-order valence-electron chi connectivity index (χ2n) is 5.36. The smallest absolute Gasteiger partial charge is 0.250 e. The standard InChI is InChI=1S/C14H18F3NP2S/c1-14(16,17)7-21-12-6-10(9(15)5-11(12)19)18-13(20)8-3-2-4-8/h5-6,8H,2-4,7,19-20H2,1H3/b18-13-. The molecule has 0 radical (unpaired) electrons. The van der Waals surface area contributed by atoms with Crippen LogP contribution in [0.4, 0.5) is 18.9 Å². The lowest BCUT2D eigenvalue weighted by Gasteiger charge is -2.25. The number of thioether (sulfide) groups is 1. The summed E-state index contributed by atoms with van der Waals surface area (Å²) in [5.74, 6) is -3.11. The average Bonchev–Trinajstić information content (AvgIpc) is 2.27. The molecule has 2 rings (SSSR count). The van der Waals surface area contributed by atoms with Crippen LogP contribution in [0.5, 0.6) is 0 Å². The molecule has 1 aromatic carbocycles. The Morgan fingerprint density at radius 3 is 2.62 bits per heavy atom. The molecule has 1 aliphatic rings. The number of halogens is 3. The van der Waals surface area contributed by atoms with Crippen LogP contribution in [0, 0.1) is 11.7 Å². The van der Waals surface area contributed by atoms with Crippen molar-refractivity contribution < 1.29 is 13.2 Å². The van der Waals surface area contributed by atoms with Crippen LogP contribution < -0.4 is 5.30 Å². The van der Waals surface area contributed by atoms with E-state index < -0.39 is 11.7 Å². The fourth-order valence-corrected chi connectivity index (χ4v) is 3.69. The van der Waals surface area contributed by atoms with E-state index in [-0.39, 0.29) is 11.4 Å². The highest BCUT2D eigenvalue weighted by molar-refractivity contribution is 7.99. The molecule has 1 aromatic rings. The molecule has 21 heavy (non-hydrogen) atoms. The number of aliphatic imine (C=N–C) groups is 1. The van der Waals surface area contributed by atoms with Crippen LogP contribution in [0.25, 0.3) is 0 Å². The Labute approximate surface area is 132 Å². The fraction of sp³-hybridized carbons (Fsp3) is 0.500. The van der Waals surface area contributed by atoms with Gasteiger partial charge in [0.15, 0.2) is 0 Å². The summed E-state index contributed by atoms with van der Waals surface area (Å²) in [6.07, 6.45) is 3.34. The summed E-state index contributed by atoms with van der Waals surface area (Å²) in [4.78, 5) is 4.94. The highest BCUT2D eigenvalue weighted by Gasteiger charge is 2.23. The van der Waals surface area contributed by atoms with E-state index in [2.05, 4.69) is 23.5 Å². The predicted octanol–water partition coefficient (Wildman–Crippen LogP) is 4.78. The van der Waals surface area contributed by atoms with Gasteiger partial charge in [-0.3, -0.25) is 4.99 Å². The van der Waals surface area contributed by atoms with Crippen LogP contribution in [0.2, 0.25) is 0 Å². The van der Waals surface area contributed by atoms with Crippen molar-refractivity contribution in [2.24, 2.45) is 10.9 Å². The lowest BCUT2D eigenvalue weighted by atomic mass is 9.86. The van der Waals surface area contributed by atoms with Crippen LogP contribution in [0.15, 0.2) is 22.0 Å². The number of nitrogens with zero attached hydrogens (tertiary/aromatic N) is 1. The van der Waals surface area contributed by atoms with E-state index in [4.69, 9.17) is 0 Å². The minimum atomic E-state index is -2.75. The van der Waals surface area contributed by atoms with Gasteiger partial charge in [0.2, 0.25) is 0 Å². The van der Waals surface area contributed by atoms with Gasteiger partial charge in [-0.15, -0.1) is 21.0 Å². The van der Waals surface area contributed by atoms with Crippen LogP contribution >= 0.6 is 30.2 Å². The maximum atomic E-state index is 14.0. The van der Waals surface area contributed by atoms with Crippen molar-refractivity contribution in [3.8, 4) is 0 Å². The summed E-state index contributed by atoms with van der Waals surface area (Å²) < 4.78 is 39.9. The van der Waals surface area contributed by atoms with E-state index in [1.807, 2.05) is 0 Å². The van der Waals surface area contributed by atoms with Crippen LogP contribution in [0.1, 0.15) is 26.2 Å². The van der Waals surface area contributed by atoms with Gasteiger partial charge in [0, 0.05) is 23.2 Å². The van der Waals surface area contributed by atoms with E-state index in [0.717, 1.165) is 37.0 Å². The first-order valence-electron chi connectivity index (χ1n) is 6.70. The quantitative estimate of drug-likeness (QED) is 0.423. The Hall–Kier alpha value is -0.110. The van der Waals surface area contributed by atoms with Gasteiger partial charge in [-0.2, -0.15) is 0 Å². The minimum Gasteiger partial charge on any atom is -0.250 e. The maximum absolute atomic E-state index is 14.0. The summed E-state index contributed by atoms with van der Waals surface area (Å²) in [5.41, 5.74) is 1.06. The molecular formula is C14H18F3NP2S. The Kier molecular flexibility index (Phi) is 5.73. The SMILES string of the molecule is CC(F)(F)CSc1cc(/N=C(\P)C2CCC2)c(F)cc1P. The van der Waals surface area contributed by atoms with E-state index in [0.29, 0.717) is 16.1 Å². The first kappa shape index (κ1) is 17.2. The molecule has 0 aromatic heterocycles. The molecule has 0 spiro atoms. The number of benzene rings is 1. The largest absolute Gasteiger partial charge is 0.254 e. The molecule has 7 heteroatoms. The van der Waals surface area contributed by atoms with E-state index in [9.17, 15) is 13.2 Å². The highest BCUT2D eigenvalue weighted by atomic mass is 32.2. The van der Waals surface area contributed by atoms with E-state index in [1.165, 1.54) is 12.5 Å². The Balaban J connectivity index is 2.21. The summed E-state index contributed by atoms with van der Waals surface area (Å²) >= 11 is 1.02. The molecule has 1 nitrogen and oxygen atoms in total. The van der Waals surface area contributed by atoms with Crippen molar-refractivity contribution in [1.29, 1.82) is 0 Å². The molecule has 2 unspecified atom stereocenters.